The summed E-state index contributed by atoms with van der Waals surface area (Å²) < 4.78 is 29.7. The van der Waals surface area contributed by atoms with E-state index in [-0.39, 0.29) is 22.9 Å². The smallest absolute Gasteiger partial charge is 0.250 e. The Balaban J connectivity index is 1.59. The largest absolute Gasteiger partial charge is 0.733 e. The molecule has 8 nitrogen and oxygen atoms in total. The Morgan fingerprint density at radius 2 is 2.00 bits per heavy atom. The molecular formula is C20H21N4O4S2-. The average molecular weight is 446 g/mol. The minimum atomic E-state index is -3.55. The van der Waals surface area contributed by atoms with Crippen molar-refractivity contribution >= 4 is 27.0 Å². The fourth-order valence-electron chi connectivity index (χ4n) is 3.91. The Kier molecular flexibility index (Phi) is 5.51. The molecule has 158 valence electrons. The monoisotopic (exact) mass is 445 g/mol. The molecule has 0 radical (unpaired) electrons. The number of thiophene rings is 1. The highest BCUT2D eigenvalue weighted by molar-refractivity contribution is 7.91. The molecule has 0 fully saturated rings. The third-order valence-electron chi connectivity index (χ3n) is 5.18. The third kappa shape index (κ3) is 3.80. The molecule has 4 rings (SSSR count). The van der Waals surface area contributed by atoms with Gasteiger partial charge in [-0.3, -0.25) is 5.21 Å². The van der Waals surface area contributed by atoms with Gasteiger partial charge in [0.1, 0.15) is 4.21 Å². The topological polar surface area (TPSA) is 111 Å². The molecule has 0 saturated carbocycles. The molecule has 2 atom stereocenters. The molecule has 0 amide bonds. The first-order chi connectivity index (χ1) is 14.3. The molecule has 0 saturated heterocycles. The number of para-hydroxylation sites is 2. The van der Waals surface area contributed by atoms with E-state index in [1.807, 2.05) is 26.0 Å². The van der Waals surface area contributed by atoms with Gasteiger partial charge >= 0.3 is 0 Å². The van der Waals surface area contributed by atoms with E-state index in [0.29, 0.717) is 16.3 Å². The normalized spacial score (nSPS) is 18.8. The van der Waals surface area contributed by atoms with E-state index >= 15 is 0 Å². The summed E-state index contributed by atoms with van der Waals surface area (Å²) in [4.78, 5) is 0. The van der Waals surface area contributed by atoms with E-state index in [0.717, 1.165) is 17.0 Å². The van der Waals surface area contributed by atoms with E-state index in [1.165, 1.54) is 17.4 Å². The lowest BCUT2D eigenvalue weighted by molar-refractivity contribution is 0.296. The van der Waals surface area contributed by atoms with Crippen LogP contribution in [0.1, 0.15) is 29.3 Å². The van der Waals surface area contributed by atoms with E-state index in [9.17, 15) is 18.8 Å². The van der Waals surface area contributed by atoms with E-state index in [2.05, 4.69) is 9.82 Å². The molecular weight excluding hydrogens is 424 g/mol. The van der Waals surface area contributed by atoms with Gasteiger partial charge in [0.25, 0.3) is 10.0 Å². The molecule has 30 heavy (non-hydrogen) atoms. The van der Waals surface area contributed by atoms with Crippen LogP contribution in [0.5, 0.6) is 0 Å². The second-order valence-electron chi connectivity index (χ2n) is 7.14. The predicted molar refractivity (Wildman–Crippen MR) is 116 cm³/mol. The van der Waals surface area contributed by atoms with Crippen LogP contribution in [0.3, 0.4) is 0 Å². The van der Waals surface area contributed by atoms with Crippen molar-refractivity contribution in [3.63, 3.8) is 0 Å². The molecule has 0 aliphatic heterocycles. The maximum Gasteiger partial charge on any atom is 0.250 e. The summed E-state index contributed by atoms with van der Waals surface area (Å²) in [5.74, 6) is -0.0144. The fourth-order valence-corrected chi connectivity index (χ4v) is 6.12. The van der Waals surface area contributed by atoms with Crippen LogP contribution in [-0.2, 0) is 10.0 Å². The number of benzene rings is 1. The lowest BCUT2D eigenvalue weighted by atomic mass is 9.96. The SMILES string of the molecule is Cc1nn(-c2ccccc2N([O-])O)c(C)c1C1C=CC(NS(=O)(=O)c2cccs2)C1. The van der Waals surface area contributed by atoms with Gasteiger partial charge in [-0.05, 0) is 43.8 Å². The van der Waals surface area contributed by atoms with Gasteiger partial charge in [0.2, 0.25) is 0 Å². The fraction of sp³-hybridized carbons (Fsp3) is 0.250. The zero-order valence-electron chi connectivity index (χ0n) is 16.4. The summed E-state index contributed by atoms with van der Waals surface area (Å²) in [5, 5.41) is 27.1. The molecule has 2 aromatic heterocycles. The first kappa shape index (κ1) is 20.8. The molecule has 1 aromatic carbocycles. The van der Waals surface area contributed by atoms with Crippen LogP contribution in [-0.4, -0.2) is 29.4 Å². The summed E-state index contributed by atoms with van der Waals surface area (Å²) >= 11 is 1.18. The van der Waals surface area contributed by atoms with Gasteiger partial charge in [-0.1, -0.05) is 30.4 Å². The van der Waals surface area contributed by atoms with E-state index in [1.54, 1.807) is 40.4 Å². The minimum absolute atomic E-state index is 0.0144. The van der Waals surface area contributed by atoms with Crippen LogP contribution < -0.4 is 9.95 Å². The van der Waals surface area contributed by atoms with Crippen LogP contribution in [0.25, 0.3) is 5.69 Å². The van der Waals surface area contributed by atoms with Crippen LogP contribution in [0, 0.1) is 19.1 Å². The standard InChI is InChI=1S/C20H21N4O4S2/c1-13-20(14(2)23(21-13)17-6-3-4-7-18(17)24(25)26)15-9-10-16(12-15)22-30(27,28)19-8-5-11-29-19/h3-11,15-16,22,25H,12H2,1-2H3/q-1. The van der Waals surface area contributed by atoms with Gasteiger partial charge < -0.3 is 10.4 Å². The predicted octanol–water partition coefficient (Wildman–Crippen LogP) is 3.63. The lowest BCUT2D eigenvalue weighted by Gasteiger charge is -2.24. The number of allylic oxidation sites excluding steroid dienone is 1. The van der Waals surface area contributed by atoms with Crippen molar-refractivity contribution in [3.8, 4) is 5.69 Å². The van der Waals surface area contributed by atoms with Crippen molar-refractivity contribution in [3.05, 3.63) is 76.1 Å². The van der Waals surface area contributed by atoms with Gasteiger partial charge in [0.05, 0.1) is 17.1 Å². The Morgan fingerprint density at radius 1 is 1.23 bits per heavy atom. The van der Waals surface area contributed by atoms with Gasteiger partial charge in [-0.2, -0.15) is 5.10 Å². The van der Waals surface area contributed by atoms with Gasteiger partial charge in [0, 0.05) is 23.2 Å². The van der Waals surface area contributed by atoms with Crippen LogP contribution in [0.15, 0.2) is 58.1 Å². The van der Waals surface area contributed by atoms with Crippen molar-refractivity contribution in [2.24, 2.45) is 0 Å². The number of sulfonamides is 1. The molecule has 2 heterocycles. The molecule has 10 heteroatoms. The summed E-state index contributed by atoms with van der Waals surface area (Å²) in [6, 6.07) is 9.64. The number of anilines is 1. The number of nitrogens with zero attached hydrogens (tertiary/aromatic N) is 3. The van der Waals surface area contributed by atoms with Crippen molar-refractivity contribution < 1.29 is 13.6 Å². The van der Waals surface area contributed by atoms with Crippen molar-refractivity contribution in [2.75, 3.05) is 5.23 Å². The van der Waals surface area contributed by atoms with Crippen LogP contribution in [0.2, 0.25) is 0 Å². The quantitative estimate of drug-likeness (QED) is 0.443. The van der Waals surface area contributed by atoms with Crippen molar-refractivity contribution in [2.45, 2.75) is 36.4 Å². The molecule has 2 N–H and O–H groups in total. The van der Waals surface area contributed by atoms with Crippen molar-refractivity contribution in [1.82, 2.24) is 14.5 Å². The number of nitrogens with one attached hydrogen (secondary N) is 1. The molecule has 1 aliphatic rings. The Morgan fingerprint density at radius 3 is 2.70 bits per heavy atom. The lowest BCUT2D eigenvalue weighted by Crippen LogP contribution is -2.32. The number of aryl methyl sites for hydroxylation is 1. The van der Waals surface area contributed by atoms with E-state index in [4.69, 9.17) is 0 Å². The first-order valence-corrected chi connectivity index (χ1v) is 11.7. The summed E-state index contributed by atoms with van der Waals surface area (Å²) in [5.41, 5.74) is 3.17. The number of hydrogen-bond donors (Lipinski definition) is 2. The molecule has 1 aliphatic carbocycles. The van der Waals surface area contributed by atoms with Gasteiger partial charge in [-0.15, -0.1) is 11.3 Å². The third-order valence-corrected chi connectivity index (χ3v) is 8.07. The van der Waals surface area contributed by atoms with Gasteiger partial charge in [0.15, 0.2) is 0 Å². The molecule has 0 bridgehead atoms. The average Bonchev–Trinajstić information content (AvgIpc) is 3.43. The zero-order valence-corrected chi connectivity index (χ0v) is 18.0. The maximum atomic E-state index is 12.5. The maximum absolute atomic E-state index is 12.5. The highest BCUT2D eigenvalue weighted by atomic mass is 32.2. The number of hydrogen-bond acceptors (Lipinski definition) is 7. The van der Waals surface area contributed by atoms with Crippen LogP contribution in [0.4, 0.5) is 5.69 Å². The first-order valence-electron chi connectivity index (χ1n) is 9.33. The second-order valence-corrected chi connectivity index (χ2v) is 10.0. The highest BCUT2D eigenvalue weighted by Crippen LogP contribution is 2.35. The summed E-state index contributed by atoms with van der Waals surface area (Å²) in [7, 11) is -3.55. The second kappa shape index (κ2) is 7.97. The highest BCUT2D eigenvalue weighted by Gasteiger charge is 2.29. The number of rotatable bonds is 6. The van der Waals surface area contributed by atoms with Crippen LogP contribution >= 0.6 is 11.3 Å². The molecule has 3 aromatic rings. The molecule has 2 unspecified atom stereocenters. The summed E-state index contributed by atoms with van der Waals surface area (Å²) in [6.07, 6.45) is 4.43. The Hall–Kier alpha value is -2.50. The Bertz CT molecular complexity index is 1180. The zero-order chi connectivity index (χ0) is 21.5. The van der Waals surface area contributed by atoms with Crippen molar-refractivity contribution in [1.29, 1.82) is 0 Å². The van der Waals surface area contributed by atoms with Gasteiger partial charge in [-0.25, -0.2) is 17.8 Å². The number of aromatic nitrogens is 2. The Labute approximate surface area is 178 Å². The van der Waals surface area contributed by atoms with E-state index < -0.39 is 10.0 Å². The molecule has 0 spiro atoms. The minimum Gasteiger partial charge on any atom is -0.733 e. The summed E-state index contributed by atoms with van der Waals surface area (Å²) in [6.45, 7) is 3.78.